The van der Waals surface area contributed by atoms with Crippen LogP contribution in [0.1, 0.15) is 34.3 Å². The van der Waals surface area contributed by atoms with Gasteiger partial charge in [0.1, 0.15) is 11.3 Å². The number of nitrogens with zero attached hydrogens (tertiary/aromatic N) is 1. The van der Waals surface area contributed by atoms with Crippen LogP contribution in [-0.2, 0) is 4.79 Å². The molecule has 0 saturated carbocycles. The molecule has 0 aliphatic carbocycles. The summed E-state index contributed by atoms with van der Waals surface area (Å²) < 4.78 is 5.37. The van der Waals surface area contributed by atoms with Gasteiger partial charge >= 0.3 is 0 Å². The van der Waals surface area contributed by atoms with Crippen molar-refractivity contribution in [3.8, 4) is 5.75 Å². The molecule has 130 valence electrons. The van der Waals surface area contributed by atoms with E-state index in [1.54, 1.807) is 7.11 Å². The lowest BCUT2D eigenvalue weighted by Gasteiger charge is -2.43. The molecule has 6 nitrogen and oxygen atoms in total. The summed E-state index contributed by atoms with van der Waals surface area (Å²) in [6, 6.07) is 3.76. The first kappa shape index (κ1) is 16.8. The first-order valence-electron chi connectivity index (χ1n) is 8.45. The summed E-state index contributed by atoms with van der Waals surface area (Å²) in [4.78, 5) is 26.8. The number of methoxy groups -OCH3 is 1. The number of amides is 2. The fourth-order valence-corrected chi connectivity index (χ4v) is 3.80. The van der Waals surface area contributed by atoms with Crippen molar-refractivity contribution in [2.75, 3.05) is 33.3 Å². The number of piperidine rings is 1. The molecule has 1 aromatic carbocycles. The number of aryl methyl sites for hydroxylation is 2. The maximum absolute atomic E-state index is 12.8. The normalized spacial score (nSPS) is 20.0. The molecule has 2 N–H and O–H groups in total. The molecule has 1 aromatic rings. The molecule has 3 rings (SSSR count). The van der Waals surface area contributed by atoms with Crippen LogP contribution in [0.3, 0.4) is 0 Å². The van der Waals surface area contributed by atoms with Crippen LogP contribution >= 0.6 is 0 Å². The quantitative estimate of drug-likeness (QED) is 0.848. The molecule has 1 spiro atoms. The molecule has 0 unspecified atom stereocenters. The van der Waals surface area contributed by atoms with Gasteiger partial charge in [0.2, 0.25) is 5.91 Å². The van der Waals surface area contributed by atoms with E-state index in [1.807, 2.05) is 30.9 Å². The Balaban J connectivity index is 1.73. The molecule has 0 atom stereocenters. The molecular formula is C18H25N3O3. The molecule has 2 heterocycles. The van der Waals surface area contributed by atoms with E-state index in [9.17, 15) is 9.59 Å². The van der Waals surface area contributed by atoms with Gasteiger partial charge < -0.3 is 20.3 Å². The van der Waals surface area contributed by atoms with Gasteiger partial charge in [-0.25, -0.2) is 0 Å². The third kappa shape index (κ3) is 2.86. The highest BCUT2D eigenvalue weighted by molar-refractivity contribution is 5.95. The van der Waals surface area contributed by atoms with Crippen LogP contribution in [0.5, 0.6) is 5.75 Å². The molecule has 0 bridgehead atoms. The van der Waals surface area contributed by atoms with Gasteiger partial charge in [-0.3, -0.25) is 9.59 Å². The van der Waals surface area contributed by atoms with Crippen molar-refractivity contribution >= 4 is 11.8 Å². The Morgan fingerprint density at radius 3 is 2.33 bits per heavy atom. The second-order valence-electron chi connectivity index (χ2n) is 6.70. The highest BCUT2D eigenvalue weighted by Crippen LogP contribution is 2.28. The van der Waals surface area contributed by atoms with Crippen LogP contribution < -0.4 is 15.4 Å². The average Bonchev–Trinajstić information content (AvgIpc) is 2.57. The molecule has 2 amide bonds. The summed E-state index contributed by atoms with van der Waals surface area (Å²) in [6.45, 7) is 6.53. The largest absolute Gasteiger partial charge is 0.496 e. The summed E-state index contributed by atoms with van der Waals surface area (Å²) in [5.41, 5.74) is 2.11. The Kier molecular flexibility index (Phi) is 4.49. The van der Waals surface area contributed by atoms with Crippen LogP contribution in [0.15, 0.2) is 12.1 Å². The van der Waals surface area contributed by atoms with Gasteiger partial charge in [0.15, 0.2) is 0 Å². The Bertz CT molecular complexity index is 640. The van der Waals surface area contributed by atoms with Gasteiger partial charge in [-0.05, 0) is 49.9 Å². The minimum Gasteiger partial charge on any atom is -0.496 e. The molecule has 2 aliphatic rings. The summed E-state index contributed by atoms with van der Waals surface area (Å²) in [5, 5.41) is 6.28. The maximum Gasteiger partial charge on any atom is 0.253 e. The highest BCUT2D eigenvalue weighted by Gasteiger charge is 2.43. The summed E-state index contributed by atoms with van der Waals surface area (Å²) in [6.07, 6.45) is 1.30. The molecular weight excluding hydrogens is 306 g/mol. The second-order valence-corrected chi connectivity index (χ2v) is 6.70. The predicted molar refractivity (Wildman–Crippen MR) is 91.3 cm³/mol. The molecule has 0 aromatic heterocycles. The monoisotopic (exact) mass is 331 g/mol. The average molecular weight is 331 g/mol. The van der Waals surface area contributed by atoms with E-state index >= 15 is 0 Å². The summed E-state index contributed by atoms with van der Waals surface area (Å²) in [7, 11) is 1.64. The number of benzene rings is 1. The third-order valence-electron chi connectivity index (χ3n) is 5.12. The van der Waals surface area contributed by atoms with E-state index in [2.05, 4.69) is 10.6 Å². The van der Waals surface area contributed by atoms with E-state index in [-0.39, 0.29) is 11.8 Å². The first-order chi connectivity index (χ1) is 11.5. The van der Waals surface area contributed by atoms with Gasteiger partial charge in [0.05, 0.1) is 7.11 Å². The fourth-order valence-electron chi connectivity index (χ4n) is 3.80. The minimum absolute atomic E-state index is 0.0231. The highest BCUT2D eigenvalue weighted by atomic mass is 16.5. The lowest BCUT2D eigenvalue weighted by atomic mass is 9.85. The Hall–Kier alpha value is -2.08. The number of rotatable bonds is 2. The zero-order chi connectivity index (χ0) is 17.3. The van der Waals surface area contributed by atoms with E-state index in [0.717, 1.165) is 23.4 Å². The number of nitrogens with one attached hydrogen (secondary N) is 2. The summed E-state index contributed by atoms with van der Waals surface area (Å²) in [5.74, 6) is 0.916. The van der Waals surface area contributed by atoms with Gasteiger partial charge in [-0.15, -0.1) is 0 Å². The van der Waals surface area contributed by atoms with Crippen molar-refractivity contribution in [2.45, 2.75) is 32.2 Å². The predicted octanol–water partition coefficient (Wildman–Crippen LogP) is 1.01. The number of ether oxygens (including phenoxy) is 1. The van der Waals surface area contributed by atoms with Crippen LogP contribution in [0.2, 0.25) is 0 Å². The van der Waals surface area contributed by atoms with Crippen molar-refractivity contribution in [3.05, 3.63) is 28.8 Å². The zero-order valence-electron chi connectivity index (χ0n) is 14.6. The number of carbonyl (C=O) groups excluding carboxylic acids is 2. The minimum atomic E-state index is -0.499. The Labute approximate surface area is 142 Å². The second kappa shape index (κ2) is 6.43. The van der Waals surface area contributed by atoms with Crippen LogP contribution in [0.4, 0.5) is 0 Å². The van der Waals surface area contributed by atoms with Crippen LogP contribution in [-0.4, -0.2) is 55.5 Å². The molecule has 2 saturated heterocycles. The van der Waals surface area contributed by atoms with Gasteiger partial charge in [-0.1, -0.05) is 0 Å². The van der Waals surface area contributed by atoms with E-state index < -0.39 is 5.54 Å². The van der Waals surface area contributed by atoms with Gasteiger partial charge in [-0.2, -0.15) is 0 Å². The first-order valence-corrected chi connectivity index (χ1v) is 8.45. The summed E-state index contributed by atoms with van der Waals surface area (Å²) >= 11 is 0. The lowest BCUT2D eigenvalue weighted by molar-refractivity contribution is -0.131. The van der Waals surface area contributed by atoms with Crippen LogP contribution in [0, 0.1) is 13.8 Å². The SMILES string of the molecule is COc1c(C)cc(C(=O)N2CCC3(CC2)NCCNC3=O)cc1C. The topological polar surface area (TPSA) is 70.7 Å². The Morgan fingerprint density at radius 2 is 1.79 bits per heavy atom. The number of likely N-dealkylation sites (tertiary alicyclic amines) is 1. The van der Waals surface area contributed by atoms with E-state index in [4.69, 9.17) is 4.74 Å². The molecule has 0 radical (unpaired) electrons. The standard InChI is InChI=1S/C18H25N3O3/c1-12-10-14(11-13(2)15(12)24-3)16(22)21-8-4-18(5-9-21)17(23)19-6-7-20-18/h10-11,20H,4-9H2,1-3H3,(H,19,23). The zero-order valence-corrected chi connectivity index (χ0v) is 14.6. The molecule has 24 heavy (non-hydrogen) atoms. The van der Waals surface area contributed by atoms with Crippen molar-refractivity contribution in [1.82, 2.24) is 15.5 Å². The van der Waals surface area contributed by atoms with Gasteiger partial charge in [0, 0.05) is 31.7 Å². The Morgan fingerprint density at radius 1 is 1.17 bits per heavy atom. The maximum atomic E-state index is 12.8. The number of piperazine rings is 1. The van der Waals surface area contributed by atoms with Crippen LogP contribution in [0.25, 0.3) is 0 Å². The molecule has 2 aliphatic heterocycles. The number of hydrogen-bond donors (Lipinski definition) is 2. The fraction of sp³-hybridized carbons (Fsp3) is 0.556. The van der Waals surface area contributed by atoms with Crippen molar-refractivity contribution in [1.29, 1.82) is 0 Å². The van der Waals surface area contributed by atoms with E-state index in [0.29, 0.717) is 38.0 Å². The number of carbonyl (C=O) groups is 2. The third-order valence-corrected chi connectivity index (χ3v) is 5.12. The van der Waals surface area contributed by atoms with Gasteiger partial charge in [0.25, 0.3) is 5.91 Å². The lowest BCUT2D eigenvalue weighted by Crippen LogP contribution is -2.66. The van der Waals surface area contributed by atoms with E-state index in [1.165, 1.54) is 0 Å². The molecule has 2 fully saturated rings. The smallest absolute Gasteiger partial charge is 0.253 e. The number of hydrogen-bond acceptors (Lipinski definition) is 4. The molecule has 6 heteroatoms. The van der Waals surface area contributed by atoms with Crippen molar-refractivity contribution in [2.24, 2.45) is 0 Å². The van der Waals surface area contributed by atoms with Crippen molar-refractivity contribution < 1.29 is 14.3 Å². The van der Waals surface area contributed by atoms with Crippen molar-refractivity contribution in [3.63, 3.8) is 0 Å².